The number of nitrogens with zero attached hydrogens (tertiary/aromatic N) is 5. The van der Waals surface area contributed by atoms with Gasteiger partial charge in [0.25, 0.3) is 5.89 Å². The summed E-state index contributed by atoms with van der Waals surface area (Å²) in [6.07, 6.45) is 2.17. The number of aliphatic hydroxyl groups is 1. The topological polar surface area (TPSA) is 102 Å². The smallest absolute Gasteiger partial charge is 0.280 e. The Morgan fingerprint density at radius 2 is 2.41 bits per heavy atom. The molecule has 2 N–H and O–H groups in total. The minimum absolute atomic E-state index is 0.000588. The minimum atomic E-state index is -0.000588. The highest BCUT2D eigenvalue weighted by Crippen LogP contribution is 2.17. The molecule has 0 amide bonds. The van der Waals surface area contributed by atoms with Crippen molar-refractivity contribution in [3.05, 3.63) is 12.0 Å². The highest BCUT2D eigenvalue weighted by Gasteiger charge is 2.21. The molecular formula is C9H12N6O2. The van der Waals surface area contributed by atoms with Crippen molar-refractivity contribution in [1.82, 2.24) is 30.5 Å². The van der Waals surface area contributed by atoms with Crippen LogP contribution in [0.3, 0.4) is 0 Å². The maximum Gasteiger partial charge on any atom is 0.280 e. The Labute approximate surface area is 96.6 Å². The summed E-state index contributed by atoms with van der Waals surface area (Å²) in [6, 6.07) is 0.357. The first-order valence-corrected chi connectivity index (χ1v) is 5.43. The van der Waals surface area contributed by atoms with Crippen molar-refractivity contribution in [2.75, 3.05) is 19.7 Å². The molecule has 0 radical (unpaired) electrons. The minimum Gasteiger partial charge on any atom is -0.396 e. The molecule has 3 heterocycles. The Bertz CT molecular complexity index is 503. The van der Waals surface area contributed by atoms with E-state index in [1.54, 1.807) is 10.9 Å². The third-order valence-electron chi connectivity index (χ3n) is 2.67. The second-order valence-corrected chi connectivity index (χ2v) is 3.89. The molecule has 0 spiro atoms. The summed E-state index contributed by atoms with van der Waals surface area (Å²) in [5.41, 5.74) is 0.564. The Balaban J connectivity index is 1.79. The van der Waals surface area contributed by atoms with E-state index in [1.165, 1.54) is 0 Å². The SMILES string of the molecule is OCCc1noc(-c2cn(C3CNC3)nn2)n1. The van der Waals surface area contributed by atoms with Gasteiger partial charge >= 0.3 is 0 Å². The van der Waals surface area contributed by atoms with Crippen LogP contribution in [-0.2, 0) is 6.42 Å². The Kier molecular flexibility index (Phi) is 2.57. The summed E-state index contributed by atoms with van der Waals surface area (Å²) in [5, 5.41) is 23.7. The molecule has 0 aliphatic carbocycles. The largest absolute Gasteiger partial charge is 0.396 e. The molecule has 0 aromatic carbocycles. The van der Waals surface area contributed by atoms with Crippen LogP contribution in [0.1, 0.15) is 11.9 Å². The van der Waals surface area contributed by atoms with E-state index in [0.29, 0.717) is 29.9 Å². The molecule has 0 unspecified atom stereocenters. The molecule has 1 aliphatic rings. The average molecular weight is 236 g/mol. The van der Waals surface area contributed by atoms with Crippen molar-refractivity contribution >= 4 is 0 Å². The number of nitrogens with one attached hydrogen (secondary N) is 1. The number of hydrogen-bond donors (Lipinski definition) is 2. The van der Waals surface area contributed by atoms with Crippen LogP contribution >= 0.6 is 0 Å². The van der Waals surface area contributed by atoms with Crippen LogP contribution < -0.4 is 5.32 Å². The average Bonchev–Trinajstić information content (AvgIpc) is 2.84. The lowest BCUT2D eigenvalue weighted by atomic mass is 10.2. The number of rotatable bonds is 4. The summed E-state index contributed by atoms with van der Waals surface area (Å²) in [7, 11) is 0. The van der Waals surface area contributed by atoms with Crippen molar-refractivity contribution < 1.29 is 9.63 Å². The maximum absolute atomic E-state index is 8.76. The van der Waals surface area contributed by atoms with E-state index in [-0.39, 0.29) is 6.61 Å². The standard InChI is InChI=1S/C9H12N6O2/c16-2-1-8-11-9(17-13-8)7-5-15(14-12-7)6-3-10-4-6/h5-6,10,16H,1-4H2. The molecule has 8 heteroatoms. The predicted octanol–water partition coefficient (Wildman–Crippen LogP) is -0.993. The summed E-state index contributed by atoms with van der Waals surface area (Å²) < 4.78 is 6.84. The molecule has 2 aromatic heterocycles. The Morgan fingerprint density at radius 3 is 3.12 bits per heavy atom. The van der Waals surface area contributed by atoms with Crippen molar-refractivity contribution in [2.24, 2.45) is 0 Å². The van der Waals surface area contributed by atoms with Gasteiger partial charge in [-0.25, -0.2) is 4.68 Å². The fourth-order valence-corrected chi connectivity index (χ4v) is 1.57. The lowest BCUT2D eigenvalue weighted by Crippen LogP contribution is -2.43. The van der Waals surface area contributed by atoms with Crippen molar-refractivity contribution in [3.63, 3.8) is 0 Å². The second-order valence-electron chi connectivity index (χ2n) is 3.89. The zero-order valence-electron chi connectivity index (χ0n) is 9.07. The van der Waals surface area contributed by atoms with Gasteiger partial charge in [-0.3, -0.25) is 0 Å². The molecule has 1 aliphatic heterocycles. The van der Waals surface area contributed by atoms with E-state index < -0.39 is 0 Å². The molecule has 1 fully saturated rings. The monoisotopic (exact) mass is 236 g/mol. The van der Waals surface area contributed by atoms with Gasteiger partial charge in [0.1, 0.15) is 0 Å². The summed E-state index contributed by atoms with van der Waals surface area (Å²) in [6.45, 7) is 1.81. The zero-order chi connectivity index (χ0) is 11.7. The molecule has 0 bridgehead atoms. The highest BCUT2D eigenvalue weighted by molar-refractivity contribution is 5.43. The fraction of sp³-hybridized carbons (Fsp3) is 0.556. The highest BCUT2D eigenvalue weighted by atomic mass is 16.5. The molecule has 8 nitrogen and oxygen atoms in total. The Morgan fingerprint density at radius 1 is 1.53 bits per heavy atom. The van der Waals surface area contributed by atoms with E-state index in [1.807, 2.05) is 0 Å². The molecule has 2 aromatic rings. The first-order chi connectivity index (χ1) is 8.36. The van der Waals surface area contributed by atoms with Crippen LogP contribution in [0.4, 0.5) is 0 Å². The number of aliphatic hydroxyl groups excluding tert-OH is 1. The zero-order valence-corrected chi connectivity index (χ0v) is 9.07. The van der Waals surface area contributed by atoms with Crippen LogP contribution in [0.25, 0.3) is 11.6 Å². The van der Waals surface area contributed by atoms with E-state index in [9.17, 15) is 0 Å². The molecule has 3 rings (SSSR count). The van der Waals surface area contributed by atoms with Gasteiger partial charge in [-0.05, 0) is 0 Å². The lowest BCUT2D eigenvalue weighted by Gasteiger charge is -2.26. The van der Waals surface area contributed by atoms with Crippen LogP contribution in [-0.4, -0.2) is 49.9 Å². The first-order valence-electron chi connectivity index (χ1n) is 5.43. The third-order valence-corrected chi connectivity index (χ3v) is 2.67. The maximum atomic E-state index is 8.76. The Hall–Kier alpha value is -1.80. The van der Waals surface area contributed by atoms with Gasteiger partial charge in [-0.1, -0.05) is 10.4 Å². The number of hydrogen-bond acceptors (Lipinski definition) is 7. The molecule has 0 saturated carbocycles. The van der Waals surface area contributed by atoms with E-state index in [4.69, 9.17) is 9.63 Å². The van der Waals surface area contributed by atoms with Gasteiger partial charge in [-0.15, -0.1) is 5.10 Å². The van der Waals surface area contributed by atoms with Gasteiger partial charge in [0, 0.05) is 19.5 Å². The van der Waals surface area contributed by atoms with Crippen LogP contribution in [0, 0.1) is 0 Å². The van der Waals surface area contributed by atoms with Gasteiger partial charge in [0.2, 0.25) is 0 Å². The van der Waals surface area contributed by atoms with Crippen LogP contribution in [0.2, 0.25) is 0 Å². The quantitative estimate of drug-likeness (QED) is 0.702. The lowest BCUT2D eigenvalue weighted by molar-refractivity contribution is 0.293. The number of aromatic nitrogens is 5. The van der Waals surface area contributed by atoms with E-state index in [2.05, 4.69) is 25.8 Å². The normalized spacial score (nSPS) is 16.1. The predicted molar refractivity (Wildman–Crippen MR) is 56.0 cm³/mol. The first kappa shape index (κ1) is 10.4. The van der Waals surface area contributed by atoms with Gasteiger partial charge in [0.15, 0.2) is 11.5 Å². The molecule has 0 atom stereocenters. The summed E-state index contributed by atoms with van der Waals surface area (Å²) in [4.78, 5) is 4.12. The molecule has 1 saturated heterocycles. The summed E-state index contributed by atoms with van der Waals surface area (Å²) >= 11 is 0. The summed E-state index contributed by atoms with van der Waals surface area (Å²) in [5.74, 6) is 0.814. The third kappa shape index (κ3) is 1.92. The van der Waals surface area contributed by atoms with Crippen molar-refractivity contribution in [2.45, 2.75) is 12.5 Å². The second kappa shape index (κ2) is 4.22. The fourth-order valence-electron chi connectivity index (χ4n) is 1.57. The van der Waals surface area contributed by atoms with Crippen molar-refractivity contribution in [1.29, 1.82) is 0 Å². The van der Waals surface area contributed by atoms with Gasteiger partial charge in [0.05, 0.1) is 18.8 Å². The van der Waals surface area contributed by atoms with Gasteiger partial charge < -0.3 is 14.9 Å². The van der Waals surface area contributed by atoms with E-state index in [0.717, 1.165) is 13.1 Å². The van der Waals surface area contributed by atoms with Crippen molar-refractivity contribution in [3.8, 4) is 11.6 Å². The molecular weight excluding hydrogens is 224 g/mol. The van der Waals surface area contributed by atoms with Gasteiger partial charge in [-0.2, -0.15) is 4.98 Å². The van der Waals surface area contributed by atoms with Crippen LogP contribution in [0.15, 0.2) is 10.7 Å². The molecule has 90 valence electrons. The van der Waals surface area contributed by atoms with E-state index >= 15 is 0 Å². The van der Waals surface area contributed by atoms with Crippen LogP contribution in [0.5, 0.6) is 0 Å². The molecule has 17 heavy (non-hydrogen) atoms.